The van der Waals surface area contributed by atoms with E-state index in [9.17, 15) is 19.2 Å². The monoisotopic (exact) mass is 424 g/mol. The Morgan fingerprint density at radius 2 is 1.77 bits per heavy atom. The standard InChI is InChI=1S/C23H28N4O4/c24-15-11-23(8-2-1-3-9-23)26(13-15)12-14-4-5-16-17(10-14)22(31)27(21(16)30)18-6-7-19(28)25-20(18)29/h4-5,10,15,18H,1-3,6-9,11-13,24H2,(H,25,28,29). The average Bonchev–Trinajstić information content (AvgIpc) is 3.16. The third-order valence-electron chi connectivity index (χ3n) is 7.43. The van der Waals surface area contributed by atoms with Gasteiger partial charge in [0.05, 0.1) is 11.1 Å². The van der Waals surface area contributed by atoms with Gasteiger partial charge in [-0.2, -0.15) is 0 Å². The molecule has 0 radical (unpaired) electrons. The number of hydrogen-bond acceptors (Lipinski definition) is 6. The van der Waals surface area contributed by atoms with Crippen molar-refractivity contribution < 1.29 is 19.2 Å². The number of nitrogens with zero attached hydrogens (tertiary/aromatic N) is 2. The molecule has 8 nitrogen and oxygen atoms in total. The first-order valence-electron chi connectivity index (χ1n) is 11.2. The molecule has 2 unspecified atom stereocenters. The summed E-state index contributed by atoms with van der Waals surface area (Å²) in [4.78, 5) is 53.1. The number of imide groups is 2. The number of fused-ring (bicyclic) bond motifs is 1. The predicted octanol–water partition coefficient (Wildman–Crippen LogP) is 1.32. The van der Waals surface area contributed by atoms with Gasteiger partial charge in [0.15, 0.2) is 0 Å². The molecule has 3 N–H and O–H groups in total. The second kappa shape index (κ2) is 7.53. The van der Waals surface area contributed by atoms with Crippen LogP contribution in [0.3, 0.4) is 0 Å². The zero-order valence-corrected chi connectivity index (χ0v) is 17.6. The molecule has 8 heteroatoms. The molecule has 5 rings (SSSR count). The van der Waals surface area contributed by atoms with Crippen LogP contribution >= 0.6 is 0 Å². The molecule has 31 heavy (non-hydrogen) atoms. The minimum Gasteiger partial charge on any atom is -0.326 e. The van der Waals surface area contributed by atoms with Crippen molar-refractivity contribution in [2.24, 2.45) is 5.73 Å². The number of benzene rings is 1. The molecule has 1 aliphatic carbocycles. The van der Waals surface area contributed by atoms with Crippen molar-refractivity contribution >= 4 is 23.6 Å². The number of nitrogens with one attached hydrogen (secondary N) is 1. The first-order chi connectivity index (χ1) is 14.9. The summed E-state index contributed by atoms with van der Waals surface area (Å²) in [6.45, 7) is 1.53. The maximum absolute atomic E-state index is 13.1. The molecular formula is C23H28N4O4. The van der Waals surface area contributed by atoms with Crippen molar-refractivity contribution in [3.8, 4) is 0 Å². The van der Waals surface area contributed by atoms with Crippen LogP contribution in [-0.2, 0) is 16.1 Å². The Balaban J connectivity index is 1.38. The quantitative estimate of drug-likeness (QED) is 0.708. The summed E-state index contributed by atoms with van der Waals surface area (Å²) in [5.41, 5.74) is 8.12. The summed E-state index contributed by atoms with van der Waals surface area (Å²) in [5.74, 6) is -1.88. The molecule has 4 aliphatic rings. The number of carbonyl (C=O) groups excluding carboxylic acids is 4. The summed E-state index contributed by atoms with van der Waals surface area (Å²) >= 11 is 0. The third kappa shape index (κ3) is 3.38. The fourth-order valence-corrected chi connectivity index (χ4v) is 5.96. The Kier molecular flexibility index (Phi) is 4.94. The number of amides is 4. The summed E-state index contributed by atoms with van der Waals surface area (Å²) in [5, 5.41) is 2.23. The van der Waals surface area contributed by atoms with E-state index in [4.69, 9.17) is 5.73 Å². The maximum Gasteiger partial charge on any atom is 0.262 e. The summed E-state index contributed by atoms with van der Waals surface area (Å²) in [7, 11) is 0. The first kappa shape index (κ1) is 20.3. The van der Waals surface area contributed by atoms with E-state index in [0.29, 0.717) is 17.7 Å². The van der Waals surface area contributed by atoms with Gasteiger partial charge in [-0.3, -0.25) is 34.3 Å². The van der Waals surface area contributed by atoms with Crippen molar-refractivity contribution in [2.45, 2.75) is 75.5 Å². The van der Waals surface area contributed by atoms with E-state index in [-0.39, 0.29) is 30.3 Å². The Labute approximate surface area is 181 Å². The van der Waals surface area contributed by atoms with Gasteiger partial charge in [0.1, 0.15) is 6.04 Å². The molecule has 1 spiro atoms. The van der Waals surface area contributed by atoms with Crippen molar-refractivity contribution in [2.75, 3.05) is 6.54 Å². The molecule has 0 aromatic heterocycles. The van der Waals surface area contributed by atoms with Crippen molar-refractivity contribution in [1.29, 1.82) is 0 Å². The second-order valence-electron chi connectivity index (χ2n) is 9.46. The minimum absolute atomic E-state index is 0.117. The number of likely N-dealkylation sites (tertiary alicyclic amines) is 1. The lowest BCUT2D eigenvalue weighted by atomic mass is 9.79. The van der Waals surface area contributed by atoms with E-state index in [0.717, 1.165) is 36.3 Å². The van der Waals surface area contributed by atoms with Crippen LogP contribution in [0.15, 0.2) is 18.2 Å². The van der Waals surface area contributed by atoms with Gasteiger partial charge in [0.2, 0.25) is 11.8 Å². The molecule has 1 saturated carbocycles. The molecule has 164 valence electrons. The molecule has 1 aromatic rings. The number of hydrogen-bond donors (Lipinski definition) is 2. The van der Waals surface area contributed by atoms with Crippen molar-refractivity contribution in [3.63, 3.8) is 0 Å². The van der Waals surface area contributed by atoms with Gasteiger partial charge in [-0.1, -0.05) is 25.3 Å². The molecule has 2 atom stereocenters. The van der Waals surface area contributed by atoms with E-state index in [1.54, 1.807) is 12.1 Å². The number of carbonyl (C=O) groups is 4. The SMILES string of the molecule is NC1CN(Cc2ccc3c(c2)C(=O)N(C2CCC(=O)NC2=O)C3=O)C2(CCCCC2)C1. The maximum atomic E-state index is 13.1. The van der Waals surface area contributed by atoms with Crippen LogP contribution in [0.5, 0.6) is 0 Å². The van der Waals surface area contributed by atoms with E-state index < -0.39 is 23.8 Å². The van der Waals surface area contributed by atoms with Crippen LogP contribution in [0.1, 0.15) is 77.6 Å². The number of rotatable bonds is 3. The zero-order valence-electron chi connectivity index (χ0n) is 17.6. The normalized spacial score (nSPS) is 28.4. The van der Waals surface area contributed by atoms with Crippen LogP contribution in [0.25, 0.3) is 0 Å². The second-order valence-corrected chi connectivity index (χ2v) is 9.46. The highest BCUT2D eigenvalue weighted by atomic mass is 16.2. The minimum atomic E-state index is -0.935. The Bertz CT molecular complexity index is 968. The average molecular weight is 425 g/mol. The molecule has 2 saturated heterocycles. The van der Waals surface area contributed by atoms with Gasteiger partial charge in [-0.15, -0.1) is 0 Å². The molecular weight excluding hydrogens is 396 g/mol. The number of piperidine rings is 1. The Hall–Kier alpha value is -2.58. The predicted molar refractivity (Wildman–Crippen MR) is 112 cm³/mol. The smallest absolute Gasteiger partial charge is 0.262 e. The Morgan fingerprint density at radius 1 is 1.03 bits per heavy atom. The molecule has 4 amide bonds. The lowest BCUT2D eigenvalue weighted by molar-refractivity contribution is -0.136. The molecule has 3 fully saturated rings. The van der Waals surface area contributed by atoms with Crippen LogP contribution in [-0.4, -0.2) is 57.6 Å². The van der Waals surface area contributed by atoms with Gasteiger partial charge in [-0.05, 0) is 43.4 Å². The molecule has 3 aliphatic heterocycles. The Morgan fingerprint density at radius 3 is 2.52 bits per heavy atom. The van der Waals surface area contributed by atoms with Crippen molar-refractivity contribution in [1.82, 2.24) is 15.1 Å². The molecule has 1 aromatic carbocycles. The zero-order chi connectivity index (χ0) is 21.8. The van der Waals surface area contributed by atoms with Gasteiger partial charge in [0.25, 0.3) is 11.8 Å². The first-order valence-corrected chi connectivity index (χ1v) is 11.2. The summed E-state index contributed by atoms with van der Waals surface area (Å²) in [6.07, 6.45) is 7.33. The lowest BCUT2D eigenvalue weighted by Gasteiger charge is -2.41. The van der Waals surface area contributed by atoms with Gasteiger partial charge in [0, 0.05) is 31.1 Å². The lowest BCUT2D eigenvalue weighted by Crippen LogP contribution is -2.54. The van der Waals surface area contributed by atoms with Crippen LogP contribution in [0.2, 0.25) is 0 Å². The summed E-state index contributed by atoms with van der Waals surface area (Å²) in [6, 6.07) is 4.62. The highest BCUT2D eigenvalue weighted by Crippen LogP contribution is 2.42. The highest BCUT2D eigenvalue weighted by Gasteiger charge is 2.46. The van der Waals surface area contributed by atoms with Gasteiger partial charge in [-0.25, -0.2) is 0 Å². The number of nitrogens with two attached hydrogens (primary N) is 1. The largest absolute Gasteiger partial charge is 0.326 e. The topological polar surface area (TPSA) is 113 Å². The fourth-order valence-electron chi connectivity index (χ4n) is 5.96. The third-order valence-corrected chi connectivity index (χ3v) is 7.43. The van der Waals surface area contributed by atoms with E-state index in [1.807, 2.05) is 6.07 Å². The van der Waals surface area contributed by atoms with E-state index in [1.165, 1.54) is 19.3 Å². The van der Waals surface area contributed by atoms with Crippen LogP contribution < -0.4 is 11.1 Å². The van der Waals surface area contributed by atoms with E-state index in [2.05, 4.69) is 10.2 Å². The van der Waals surface area contributed by atoms with Crippen LogP contribution in [0, 0.1) is 0 Å². The van der Waals surface area contributed by atoms with Gasteiger partial charge >= 0.3 is 0 Å². The fraction of sp³-hybridized carbons (Fsp3) is 0.565. The van der Waals surface area contributed by atoms with Crippen molar-refractivity contribution in [3.05, 3.63) is 34.9 Å². The van der Waals surface area contributed by atoms with E-state index >= 15 is 0 Å². The molecule has 0 bridgehead atoms. The van der Waals surface area contributed by atoms with Crippen LogP contribution in [0.4, 0.5) is 0 Å². The highest BCUT2D eigenvalue weighted by molar-refractivity contribution is 6.23. The summed E-state index contributed by atoms with van der Waals surface area (Å²) < 4.78 is 0. The molecule has 3 heterocycles. The van der Waals surface area contributed by atoms with Gasteiger partial charge < -0.3 is 5.73 Å².